The quantitative estimate of drug-likeness (QED) is 0.399. The van der Waals surface area contributed by atoms with Gasteiger partial charge in [0.15, 0.2) is 6.61 Å². The molecule has 0 bridgehead atoms. The topological polar surface area (TPSA) is 117 Å². The normalized spacial score (nSPS) is 10.1. The van der Waals surface area contributed by atoms with Crippen LogP contribution in [0.4, 0.5) is 11.4 Å². The molecule has 2 aromatic carbocycles. The third kappa shape index (κ3) is 5.97. The third-order valence-electron chi connectivity index (χ3n) is 3.77. The van der Waals surface area contributed by atoms with Gasteiger partial charge < -0.3 is 19.5 Å². The number of hydrogen-bond acceptors (Lipinski definition) is 7. The van der Waals surface area contributed by atoms with E-state index in [1.807, 2.05) is 0 Å². The number of nitro benzene ring substituents is 1. The van der Waals surface area contributed by atoms with Crippen molar-refractivity contribution in [2.24, 2.45) is 0 Å². The zero-order valence-corrected chi connectivity index (χ0v) is 15.5. The summed E-state index contributed by atoms with van der Waals surface area (Å²) in [6, 6.07) is 11.0. The van der Waals surface area contributed by atoms with E-state index in [0.29, 0.717) is 17.9 Å². The predicted molar refractivity (Wildman–Crippen MR) is 101 cm³/mol. The Kier molecular flexibility index (Phi) is 7.32. The number of rotatable bonds is 9. The van der Waals surface area contributed by atoms with Crippen molar-refractivity contribution in [1.29, 1.82) is 0 Å². The van der Waals surface area contributed by atoms with Gasteiger partial charge in [0.1, 0.15) is 17.2 Å². The second-order valence-electron chi connectivity index (χ2n) is 5.70. The zero-order chi connectivity index (χ0) is 20.5. The minimum Gasteiger partial charge on any atom is -0.497 e. The first-order valence-electron chi connectivity index (χ1n) is 8.33. The number of amides is 1. The largest absolute Gasteiger partial charge is 0.497 e. The van der Waals surface area contributed by atoms with Crippen LogP contribution in [0.15, 0.2) is 42.5 Å². The van der Waals surface area contributed by atoms with E-state index in [9.17, 15) is 19.7 Å². The van der Waals surface area contributed by atoms with Gasteiger partial charge in [-0.05, 0) is 30.2 Å². The number of nitro groups is 1. The monoisotopic (exact) mass is 388 g/mol. The number of methoxy groups -OCH3 is 2. The van der Waals surface area contributed by atoms with Crippen molar-refractivity contribution in [3.63, 3.8) is 0 Å². The molecule has 0 aliphatic carbocycles. The van der Waals surface area contributed by atoms with E-state index in [2.05, 4.69) is 5.32 Å². The molecule has 0 heterocycles. The Balaban J connectivity index is 1.84. The van der Waals surface area contributed by atoms with Crippen molar-refractivity contribution in [3.05, 3.63) is 58.1 Å². The van der Waals surface area contributed by atoms with Crippen molar-refractivity contribution >= 4 is 23.3 Å². The van der Waals surface area contributed by atoms with Crippen molar-refractivity contribution < 1.29 is 28.7 Å². The van der Waals surface area contributed by atoms with Gasteiger partial charge in [0.2, 0.25) is 0 Å². The number of hydrogen-bond donors (Lipinski definition) is 1. The molecule has 0 unspecified atom stereocenters. The minimum absolute atomic E-state index is 0.0389. The van der Waals surface area contributed by atoms with Crippen LogP contribution in [0.3, 0.4) is 0 Å². The van der Waals surface area contributed by atoms with E-state index in [-0.39, 0.29) is 17.8 Å². The molecule has 9 heteroatoms. The maximum absolute atomic E-state index is 11.9. The third-order valence-corrected chi connectivity index (χ3v) is 3.77. The number of benzene rings is 2. The van der Waals surface area contributed by atoms with Gasteiger partial charge in [0, 0.05) is 18.6 Å². The van der Waals surface area contributed by atoms with Crippen LogP contribution < -0.4 is 14.8 Å². The predicted octanol–water partition coefficient (Wildman–Crippen LogP) is 2.73. The average molecular weight is 388 g/mol. The van der Waals surface area contributed by atoms with E-state index in [4.69, 9.17) is 14.2 Å². The van der Waals surface area contributed by atoms with Gasteiger partial charge in [-0.3, -0.25) is 19.7 Å². The van der Waals surface area contributed by atoms with Crippen LogP contribution in [0.2, 0.25) is 0 Å². The summed E-state index contributed by atoms with van der Waals surface area (Å²) in [4.78, 5) is 34.1. The van der Waals surface area contributed by atoms with Crippen molar-refractivity contribution in [1.82, 2.24) is 0 Å². The molecule has 0 saturated heterocycles. The summed E-state index contributed by atoms with van der Waals surface area (Å²) in [5, 5.41) is 13.3. The molecule has 0 radical (unpaired) electrons. The summed E-state index contributed by atoms with van der Waals surface area (Å²) in [5.74, 6) is -0.0247. The molecular formula is C19H20N2O7. The van der Waals surface area contributed by atoms with E-state index in [1.54, 1.807) is 24.3 Å². The molecule has 0 aliphatic rings. The number of anilines is 1. The van der Waals surface area contributed by atoms with E-state index < -0.39 is 23.4 Å². The van der Waals surface area contributed by atoms with Crippen LogP contribution in [-0.4, -0.2) is 37.6 Å². The lowest BCUT2D eigenvalue weighted by Gasteiger charge is -2.09. The summed E-state index contributed by atoms with van der Waals surface area (Å²) >= 11 is 0. The minimum atomic E-state index is -0.661. The molecule has 1 N–H and O–H groups in total. The van der Waals surface area contributed by atoms with Gasteiger partial charge in [0.25, 0.3) is 11.6 Å². The molecule has 2 rings (SSSR count). The number of para-hydroxylation sites is 2. The standard InChI is InChI=1S/C19H20N2O7/c1-26-14-9-13(10-15(11-14)27-2)7-8-19(23)28-12-18(22)20-16-5-3-4-6-17(16)21(24)25/h3-6,9-11H,7-8,12H2,1-2H3,(H,20,22). The highest BCUT2D eigenvalue weighted by Gasteiger charge is 2.16. The van der Waals surface area contributed by atoms with Gasteiger partial charge in [0.05, 0.1) is 19.1 Å². The van der Waals surface area contributed by atoms with Crippen LogP contribution >= 0.6 is 0 Å². The maximum Gasteiger partial charge on any atom is 0.306 e. The molecule has 0 saturated carbocycles. The molecule has 1 amide bonds. The van der Waals surface area contributed by atoms with Crippen LogP contribution in [0.5, 0.6) is 11.5 Å². The molecular weight excluding hydrogens is 368 g/mol. The number of carbonyl (C=O) groups is 2. The number of nitrogens with zero attached hydrogens (tertiary/aromatic N) is 1. The van der Waals surface area contributed by atoms with Crippen LogP contribution in [0.25, 0.3) is 0 Å². The van der Waals surface area contributed by atoms with Crippen LogP contribution in [0.1, 0.15) is 12.0 Å². The summed E-state index contributed by atoms with van der Waals surface area (Å²) in [6.07, 6.45) is 0.424. The fraction of sp³-hybridized carbons (Fsp3) is 0.263. The first-order chi connectivity index (χ1) is 13.4. The molecule has 28 heavy (non-hydrogen) atoms. The SMILES string of the molecule is COc1cc(CCC(=O)OCC(=O)Nc2ccccc2[N+](=O)[O-])cc(OC)c1. The van der Waals surface area contributed by atoms with Crippen LogP contribution in [0, 0.1) is 10.1 Å². The molecule has 0 fully saturated rings. The second-order valence-corrected chi connectivity index (χ2v) is 5.70. The fourth-order valence-electron chi connectivity index (χ4n) is 2.40. The van der Waals surface area contributed by atoms with E-state index >= 15 is 0 Å². The van der Waals surface area contributed by atoms with Crippen LogP contribution in [-0.2, 0) is 20.7 Å². The molecule has 0 aliphatic heterocycles. The lowest BCUT2D eigenvalue weighted by Crippen LogP contribution is -2.21. The highest BCUT2D eigenvalue weighted by atomic mass is 16.6. The Morgan fingerprint density at radius 2 is 1.71 bits per heavy atom. The number of nitrogens with one attached hydrogen (secondary N) is 1. The van der Waals surface area contributed by atoms with Gasteiger partial charge in [-0.15, -0.1) is 0 Å². The zero-order valence-electron chi connectivity index (χ0n) is 15.5. The first kappa shape index (κ1) is 20.7. The van der Waals surface area contributed by atoms with E-state index in [1.165, 1.54) is 32.4 Å². The van der Waals surface area contributed by atoms with Gasteiger partial charge in [-0.2, -0.15) is 0 Å². The molecule has 2 aromatic rings. The fourth-order valence-corrected chi connectivity index (χ4v) is 2.40. The van der Waals surface area contributed by atoms with Gasteiger partial charge in [-0.1, -0.05) is 12.1 Å². The molecule has 148 valence electrons. The molecule has 0 spiro atoms. The number of carbonyl (C=O) groups excluding carboxylic acids is 2. The Labute approximate surface area is 161 Å². The number of esters is 1. The number of aryl methyl sites for hydroxylation is 1. The lowest BCUT2D eigenvalue weighted by atomic mass is 10.1. The summed E-state index contributed by atoms with van der Waals surface area (Å²) in [7, 11) is 3.06. The second kappa shape index (κ2) is 9.91. The Morgan fingerprint density at radius 1 is 1.07 bits per heavy atom. The summed E-state index contributed by atoms with van der Waals surface area (Å²) in [5.41, 5.74) is 0.615. The molecule has 0 aromatic heterocycles. The smallest absolute Gasteiger partial charge is 0.306 e. The first-order valence-corrected chi connectivity index (χ1v) is 8.33. The Bertz CT molecular complexity index is 845. The maximum atomic E-state index is 11.9. The lowest BCUT2D eigenvalue weighted by molar-refractivity contribution is -0.383. The summed E-state index contributed by atoms with van der Waals surface area (Å²) in [6.45, 7) is -0.535. The Morgan fingerprint density at radius 3 is 2.32 bits per heavy atom. The average Bonchev–Trinajstić information content (AvgIpc) is 2.70. The summed E-state index contributed by atoms with van der Waals surface area (Å²) < 4.78 is 15.3. The van der Waals surface area contributed by atoms with Crippen molar-refractivity contribution in [3.8, 4) is 11.5 Å². The van der Waals surface area contributed by atoms with Crippen molar-refractivity contribution in [2.75, 3.05) is 26.1 Å². The molecule has 9 nitrogen and oxygen atoms in total. The highest BCUT2D eigenvalue weighted by molar-refractivity contribution is 5.94. The highest BCUT2D eigenvalue weighted by Crippen LogP contribution is 2.24. The van der Waals surface area contributed by atoms with Crippen molar-refractivity contribution in [2.45, 2.75) is 12.8 Å². The number of ether oxygens (including phenoxy) is 3. The Hall–Kier alpha value is -3.62. The van der Waals surface area contributed by atoms with Gasteiger partial charge in [-0.25, -0.2) is 0 Å². The van der Waals surface area contributed by atoms with E-state index in [0.717, 1.165) is 5.56 Å². The van der Waals surface area contributed by atoms with Gasteiger partial charge >= 0.3 is 5.97 Å². The molecule has 0 atom stereocenters.